The first-order valence-electron chi connectivity index (χ1n) is 8.05. The average molecular weight is 425 g/mol. The van der Waals surface area contributed by atoms with Crippen LogP contribution in [0, 0.1) is 0 Å². The molecule has 25 heavy (non-hydrogen) atoms. The number of anilines is 1. The van der Waals surface area contributed by atoms with Gasteiger partial charge in [-0.3, -0.25) is 4.79 Å². The molecule has 0 unspecified atom stereocenters. The van der Waals surface area contributed by atoms with Gasteiger partial charge in [-0.2, -0.15) is 0 Å². The van der Waals surface area contributed by atoms with E-state index in [1.807, 2.05) is 31.2 Å². The molecule has 0 aliphatic heterocycles. The Balaban J connectivity index is 1.88. The van der Waals surface area contributed by atoms with Crippen LogP contribution in [0.3, 0.4) is 0 Å². The molecular weight excluding hydrogens is 404 g/mol. The van der Waals surface area contributed by atoms with Crippen molar-refractivity contribution in [2.45, 2.75) is 31.1 Å². The standard InChI is InChI=1S/C18H21BrN2O3S/c1-2-13-20-25(23,24)17-10-3-14(4-11-17)5-12-18(22)21-16-8-6-15(19)7-9-16/h3-4,6-11,20H,2,5,12-13H2,1H3,(H,21,22). The molecule has 2 aromatic rings. The molecule has 2 N–H and O–H groups in total. The second-order valence-corrected chi connectivity index (χ2v) is 8.28. The van der Waals surface area contributed by atoms with E-state index in [2.05, 4.69) is 26.0 Å². The summed E-state index contributed by atoms with van der Waals surface area (Å²) in [6.45, 7) is 2.32. The Morgan fingerprint density at radius 3 is 2.28 bits per heavy atom. The summed E-state index contributed by atoms with van der Waals surface area (Å²) in [6.07, 6.45) is 1.62. The van der Waals surface area contributed by atoms with Crippen LogP contribution in [-0.4, -0.2) is 20.9 Å². The molecule has 1 amide bonds. The fourth-order valence-corrected chi connectivity index (χ4v) is 3.57. The Bertz CT molecular complexity index is 803. The zero-order valence-corrected chi connectivity index (χ0v) is 16.4. The third-order valence-corrected chi connectivity index (χ3v) is 5.55. The lowest BCUT2D eigenvalue weighted by molar-refractivity contribution is -0.116. The molecule has 0 aliphatic rings. The number of hydrogen-bond acceptors (Lipinski definition) is 3. The summed E-state index contributed by atoms with van der Waals surface area (Å²) in [4.78, 5) is 12.2. The highest BCUT2D eigenvalue weighted by molar-refractivity contribution is 9.10. The van der Waals surface area contributed by atoms with Crippen LogP contribution >= 0.6 is 15.9 Å². The number of carbonyl (C=O) groups is 1. The first-order valence-corrected chi connectivity index (χ1v) is 10.3. The third kappa shape index (κ3) is 6.26. The van der Waals surface area contributed by atoms with E-state index in [1.165, 1.54) is 0 Å². The lowest BCUT2D eigenvalue weighted by atomic mass is 10.1. The number of nitrogens with one attached hydrogen (secondary N) is 2. The molecular formula is C18H21BrN2O3S. The molecule has 0 radical (unpaired) electrons. The first-order chi connectivity index (χ1) is 11.9. The summed E-state index contributed by atoms with van der Waals surface area (Å²) >= 11 is 3.35. The second kappa shape index (κ2) is 9.12. The predicted octanol–water partition coefficient (Wildman–Crippen LogP) is 3.71. The van der Waals surface area contributed by atoms with Crippen molar-refractivity contribution >= 4 is 37.5 Å². The summed E-state index contributed by atoms with van der Waals surface area (Å²) < 4.78 is 27.5. The fourth-order valence-electron chi connectivity index (χ4n) is 2.17. The molecule has 134 valence electrons. The Kier molecular flexibility index (Phi) is 7.16. The van der Waals surface area contributed by atoms with Crippen molar-refractivity contribution in [3.63, 3.8) is 0 Å². The third-order valence-electron chi connectivity index (χ3n) is 3.54. The number of rotatable bonds is 8. The number of sulfonamides is 1. The van der Waals surface area contributed by atoms with Gasteiger partial charge in [0.05, 0.1) is 4.90 Å². The molecule has 0 bridgehead atoms. The van der Waals surface area contributed by atoms with E-state index >= 15 is 0 Å². The molecule has 7 heteroatoms. The van der Waals surface area contributed by atoms with Gasteiger partial charge >= 0.3 is 0 Å². The minimum Gasteiger partial charge on any atom is -0.326 e. The van der Waals surface area contributed by atoms with Crippen molar-refractivity contribution in [1.82, 2.24) is 4.72 Å². The SMILES string of the molecule is CCCNS(=O)(=O)c1ccc(CCC(=O)Nc2ccc(Br)cc2)cc1. The van der Waals surface area contributed by atoms with Crippen molar-refractivity contribution in [2.75, 3.05) is 11.9 Å². The van der Waals surface area contributed by atoms with Gasteiger partial charge in [0.15, 0.2) is 0 Å². The van der Waals surface area contributed by atoms with Gasteiger partial charge in [0.25, 0.3) is 0 Å². The summed E-state index contributed by atoms with van der Waals surface area (Å²) in [7, 11) is -3.45. The Hall–Kier alpha value is -1.70. The lowest BCUT2D eigenvalue weighted by Crippen LogP contribution is -2.24. The molecule has 2 aromatic carbocycles. The van der Waals surface area contributed by atoms with Crippen molar-refractivity contribution in [2.24, 2.45) is 0 Å². The van der Waals surface area contributed by atoms with Gasteiger partial charge in [0, 0.05) is 23.1 Å². The maximum Gasteiger partial charge on any atom is 0.240 e. The van der Waals surface area contributed by atoms with Gasteiger partial charge in [-0.05, 0) is 54.8 Å². The van der Waals surface area contributed by atoms with E-state index in [4.69, 9.17) is 0 Å². The van der Waals surface area contributed by atoms with Crippen LogP contribution in [0.5, 0.6) is 0 Å². The highest BCUT2D eigenvalue weighted by Crippen LogP contribution is 2.15. The van der Waals surface area contributed by atoms with Crippen molar-refractivity contribution in [1.29, 1.82) is 0 Å². The van der Waals surface area contributed by atoms with Crippen LogP contribution in [0.25, 0.3) is 0 Å². The van der Waals surface area contributed by atoms with E-state index in [0.29, 0.717) is 19.4 Å². The van der Waals surface area contributed by atoms with Gasteiger partial charge < -0.3 is 5.32 Å². The normalized spacial score (nSPS) is 11.3. The fraction of sp³-hybridized carbons (Fsp3) is 0.278. The molecule has 0 heterocycles. The smallest absolute Gasteiger partial charge is 0.240 e. The number of aryl methyl sites for hydroxylation is 1. The second-order valence-electron chi connectivity index (χ2n) is 5.60. The summed E-state index contributed by atoms with van der Waals surface area (Å²) in [5.41, 5.74) is 1.66. The summed E-state index contributed by atoms with van der Waals surface area (Å²) in [6, 6.07) is 14.0. The number of benzene rings is 2. The van der Waals surface area contributed by atoms with E-state index in [1.54, 1.807) is 24.3 Å². The van der Waals surface area contributed by atoms with Crippen LogP contribution in [0.1, 0.15) is 25.3 Å². The summed E-state index contributed by atoms with van der Waals surface area (Å²) in [5, 5.41) is 2.83. The van der Waals surface area contributed by atoms with Crippen LogP contribution in [0.2, 0.25) is 0 Å². The Morgan fingerprint density at radius 1 is 1.04 bits per heavy atom. The maximum absolute atomic E-state index is 12.0. The van der Waals surface area contributed by atoms with Gasteiger partial charge in [0.1, 0.15) is 0 Å². The van der Waals surface area contributed by atoms with Crippen LogP contribution in [0.15, 0.2) is 57.9 Å². The molecule has 0 spiro atoms. The lowest BCUT2D eigenvalue weighted by Gasteiger charge is -2.08. The maximum atomic E-state index is 12.0. The molecule has 0 saturated carbocycles. The minimum atomic E-state index is -3.45. The van der Waals surface area contributed by atoms with Crippen LogP contribution in [0.4, 0.5) is 5.69 Å². The number of halogens is 1. The van der Waals surface area contributed by atoms with Crippen LogP contribution < -0.4 is 10.0 Å². The van der Waals surface area contributed by atoms with E-state index in [9.17, 15) is 13.2 Å². The van der Waals surface area contributed by atoms with Crippen LogP contribution in [-0.2, 0) is 21.2 Å². The van der Waals surface area contributed by atoms with E-state index in [0.717, 1.165) is 22.1 Å². The zero-order valence-electron chi connectivity index (χ0n) is 14.0. The zero-order chi connectivity index (χ0) is 18.3. The predicted molar refractivity (Wildman–Crippen MR) is 103 cm³/mol. The Morgan fingerprint density at radius 2 is 1.68 bits per heavy atom. The molecule has 0 aromatic heterocycles. The molecule has 0 saturated heterocycles. The molecule has 2 rings (SSSR count). The van der Waals surface area contributed by atoms with Crippen molar-refractivity contribution in [3.05, 3.63) is 58.6 Å². The van der Waals surface area contributed by atoms with Gasteiger partial charge in [-0.25, -0.2) is 13.1 Å². The minimum absolute atomic E-state index is 0.0800. The molecule has 0 aliphatic carbocycles. The Labute approximate surface area is 157 Å². The molecule has 0 atom stereocenters. The highest BCUT2D eigenvalue weighted by atomic mass is 79.9. The first kappa shape index (κ1) is 19.6. The summed E-state index contributed by atoms with van der Waals surface area (Å²) in [5.74, 6) is -0.0800. The largest absolute Gasteiger partial charge is 0.326 e. The average Bonchev–Trinajstić information content (AvgIpc) is 2.60. The molecule has 0 fully saturated rings. The van der Waals surface area contributed by atoms with Crippen molar-refractivity contribution < 1.29 is 13.2 Å². The number of amides is 1. The molecule has 5 nitrogen and oxygen atoms in total. The quantitative estimate of drug-likeness (QED) is 0.677. The number of carbonyl (C=O) groups excluding carboxylic acids is 1. The topological polar surface area (TPSA) is 75.3 Å². The van der Waals surface area contributed by atoms with Gasteiger partial charge in [0.2, 0.25) is 15.9 Å². The number of hydrogen-bond donors (Lipinski definition) is 2. The van der Waals surface area contributed by atoms with Crippen molar-refractivity contribution in [3.8, 4) is 0 Å². The van der Waals surface area contributed by atoms with Gasteiger partial charge in [-0.1, -0.05) is 35.0 Å². The monoisotopic (exact) mass is 424 g/mol. The van der Waals surface area contributed by atoms with Gasteiger partial charge in [-0.15, -0.1) is 0 Å². The highest BCUT2D eigenvalue weighted by Gasteiger charge is 2.12. The van der Waals surface area contributed by atoms with E-state index < -0.39 is 10.0 Å². The van der Waals surface area contributed by atoms with E-state index in [-0.39, 0.29) is 10.8 Å².